The summed E-state index contributed by atoms with van der Waals surface area (Å²) in [6.07, 6.45) is -5.28. The number of hydrogen-bond acceptors (Lipinski definition) is 4. The number of halogens is 6. The molecule has 1 N–H and O–H groups in total. The fourth-order valence-corrected chi connectivity index (χ4v) is 4.21. The maximum absolute atomic E-state index is 14.2. The summed E-state index contributed by atoms with van der Waals surface area (Å²) in [5, 5.41) is 6.68. The molecule has 2 aromatic rings. The van der Waals surface area contributed by atoms with E-state index in [4.69, 9.17) is 0 Å². The van der Waals surface area contributed by atoms with Crippen molar-refractivity contribution in [2.75, 3.05) is 6.54 Å². The second-order valence-corrected chi connectivity index (χ2v) is 10.9. The van der Waals surface area contributed by atoms with Gasteiger partial charge in [0.1, 0.15) is 5.82 Å². The standard InChI is InChI=1S/C20H23F6N5O2S/c1-19(2,3)34(33)29-12(6-11-7-14(22)15(23)9-13(11)21)8-17(32)30-4-5-31-16(10-30)27-28-18(31)20(24,25)26/h7,9,12,29H,4-6,8,10H2,1-3H3/t12-,34+/m1/s1. The number of aromatic nitrogens is 3. The Hall–Kier alpha value is -2.48. The van der Waals surface area contributed by atoms with Crippen LogP contribution in [0.4, 0.5) is 26.3 Å². The van der Waals surface area contributed by atoms with Gasteiger partial charge < -0.3 is 9.47 Å². The summed E-state index contributed by atoms with van der Waals surface area (Å²) in [5.41, 5.74) is -0.219. The molecule has 34 heavy (non-hydrogen) atoms. The third-order valence-corrected chi connectivity index (χ3v) is 6.83. The molecule has 0 bridgehead atoms. The van der Waals surface area contributed by atoms with Crippen LogP contribution in [0.2, 0.25) is 0 Å². The van der Waals surface area contributed by atoms with Crippen molar-refractivity contribution in [3.05, 3.63) is 46.8 Å². The highest BCUT2D eigenvalue weighted by atomic mass is 32.2. The molecular formula is C20H23F6N5O2S. The third kappa shape index (κ3) is 5.95. The Bertz CT molecular complexity index is 1100. The minimum atomic E-state index is -4.68. The normalized spacial score (nSPS) is 16.3. The van der Waals surface area contributed by atoms with Crippen LogP contribution in [-0.4, -0.2) is 47.1 Å². The van der Waals surface area contributed by atoms with Crippen LogP contribution in [0.1, 0.15) is 44.4 Å². The summed E-state index contributed by atoms with van der Waals surface area (Å²) in [7, 11) is -1.68. The number of nitrogens with one attached hydrogen (secondary N) is 1. The number of hydrogen-bond donors (Lipinski definition) is 1. The number of carbonyl (C=O) groups is 1. The van der Waals surface area contributed by atoms with Crippen molar-refractivity contribution < 1.29 is 35.3 Å². The van der Waals surface area contributed by atoms with Crippen LogP contribution in [0.5, 0.6) is 0 Å². The number of alkyl halides is 3. The van der Waals surface area contributed by atoms with Crippen LogP contribution in [0, 0.1) is 17.5 Å². The van der Waals surface area contributed by atoms with Gasteiger partial charge in [0.2, 0.25) is 11.7 Å². The van der Waals surface area contributed by atoms with Crippen molar-refractivity contribution in [1.29, 1.82) is 0 Å². The van der Waals surface area contributed by atoms with Gasteiger partial charge in [-0.1, -0.05) is 0 Å². The molecule has 3 rings (SSSR count). The van der Waals surface area contributed by atoms with Crippen LogP contribution in [0.3, 0.4) is 0 Å². The Labute approximate surface area is 194 Å². The average molecular weight is 511 g/mol. The molecule has 2 heterocycles. The van der Waals surface area contributed by atoms with E-state index in [0.29, 0.717) is 12.1 Å². The molecule has 0 saturated carbocycles. The molecule has 0 aliphatic carbocycles. The zero-order chi connectivity index (χ0) is 25.4. The van der Waals surface area contributed by atoms with Crippen LogP contribution in [-0.2, 0) is 41.5 Å². The van der Waals surface area contributed by atoms with Gasteiger partial charge in [0.15, 0.2) is 17.5 Å². The molecule has 14 heteroatoms. The molecule has 0 spiro atoms. The van der Waals surface area contributed by atoms with E-state index in [1.54, 1.807) is 20.8 Å². The third-order valence-electron chi connectivity index (χ3n) is 5.17. The number of amides is 1. The predicted molar refractivity (Wildman–Crippen MR) is 110 cm³/mol. The van der Waals surface area contributed by atoms with Crippen molar-refractivity contribution in [2.24, 2.45) is 0 Å². The zero-order valence-corrected chi connectivity index (χ0v) is 19.4. The average Bonchev–Trinajstić information content (AvgIpc) is 3.14. The second kappa shape index (κ2) is 9.64. The van der Waals surface area contributed by atoms with E-state index in [2.05, 4.69) is 14.9 Å². The topological polar surface area (TPSA) is 80.1 Å². The lowest BCUT2D eigenvalue weighted by molar-refractivity contribution is -0.148. The molecule has 0 saturated heterocycles. The summed E-state index contributed by atoms with van der Waals surface area (Å²) in [6.45, 7) is 4.55. The maximum Gasteiger partial charge on any atom is 0.451 e. The van der Waals surface area contributed by atoms with E-state index >= 15 is 0 Å². The number of benzene rings is 1. The largest absolute Gasteiger partial charge is 0.451 e. The molecule has 1 aromatic carbocycles. The predicted octanol–water partition coefficient (Wildman–Crippen LogP) is 3.11. The number of rotatable bonds is 6. The SMILES string of the molecule is CC(C)(C)[S@](=O)N[C@@H](CC(=O)N1CCn2c(nnc2C(F)(F)F)C1)Cc1cc(F)c(F)cc1F. The Morgan fingerprint density at radius 1 is 1.09 bits per heavy atom. The Morgan fingerprint density at radius 2 is 1.74 bits per heavy atom. The molecule has 1 aromatic heterocycles. The van der Waals surface area contributed by atoms with Gasteiger partial charge in [-0.05, 0) is 38.8 Å². The Balaban J connectivity index is 1.78. The Kier molecular flexibility index (Phi) is 7.41. The highest BCUT2D eigenvalue weighted by molar-refractivity contribution is 7.84. The monoisotopic (exact) mass is 511 g/mol. The quantitative estimate of drug-likeness (QED) is 0.478. The fourth-order valence-electron chi connectivity index (χ4n) is 3.39. The lowest BCUT2D eigenvalue weighted by Crippen LogP contribution is -2.46. The van der Waals surface area contributed by atoms with E-state index < -0.39 is 57.1 Å². The van der Waals surface area contributed by atoms with Crippen molar-refractivity contribution in [3.63, 3.8) is 0 Å². The van der Waals surface area contributed by atoms with Gasteiger partial charge in [0.25, 0.3) is 0 Å². The van der Waals surface area contributed by atoms with Crippen LogP contribution >= 0.6 is 0 Å². The highest BCUT2D eigenvalue weighted by Gasteiger charge is 2.40. The molecule has 0 radical (unpaired) electrons. The van der Waals surface area contributed by atoms with Gasteiger partial charge in [0, 0.05) is 31.6 Å². The van der Waals surface area contributed by atoms with E-state index in [0.717, 1.165) is 4.57 Å². The number of carbonyl (C=O) groups excluding carboxylic acids is 1. The number of fused-ring (bicyclic) bond motifs is 1. The first-order chi connectivity index (χ1) is 15.7. The van der Waals surface area contributed by atoms with E-state index in [1.165, 1.54) is 4.90 Å². The molecule has 0 fully saturated rings. The van der Waals surface area contributed by atoms with E-state index in [-0.39, 0.29) is 43.9 Å². The minimum Gasteiger partial charge on any atom is -0.333 e. The first-order valence-electron chi connectivity index (χ1n) is 10.3. The van der Waals surface area contributed by atoms with Gasteiger partial charge in [-0.15, -0.1) is 10.2 Å². The molecule has 0 unspecified atom stereocenters. The highest BCUT2D eigenvalue weighted by Crippen LogP contribution is 2.29. The molecule has 188 valence electrons. The van der Waals surface area contributed by atoms with Gasteiger partial charge in [-0.2, -0.15) is 13.2 Å². The molecular weight excluding hydrogens is 488 g/mol. The lowest BCUT2D eigenvalue weighted by Gasteiger charge is -2.30. The molecule has 2 atom stereocenters. The van der Waals surface area contributed by atoms with Crippen LogP contribution < -0.4 is 4.72 Å². The van der Waals surface area contributed by atoms with Gasteiger partial charge in [0.05, 0.1) is 22.3 Å². The van der Waals surface area contributed by atoms with Gasteiger partial charge in [-0.3, -0.25) is 4.79 Å². The van der Waals surface area contributed by atoms with Crippen LogP contribution in [0.25, 0.3) is 0 Å². The maximum atomic E-state index is 14.2. The number of nitrogens with zero attached hydrogens (tertiary/aromatic N) is 4. The van der Waals surface area contributed by atoms with Crippen molar-refractivity contribution in [1.82, 2.24) is 24.4 Å². The fraction of sp³-hybridized carbons (Fsp3) is 0.550. The summed E-state index contributed by atoms with van der Waals surface area (Å²) in [5.74, 6) is -5.37. The summed E-state index contributed by atoms with van der Waals surface area (Å²) in [6, 6.07) is 0.128. The molecule has 1 aliphatic heterocycles. The van der Waals surface area contributed by atoms with Gasteiger partial charge in [-0.25, -0.2) is 22.1 Å². The first kappa shape index (κ1) is 26.1. The van der Waals surface area contributed by atoms with Crippen molar-refractivity contribution in [2.45, 2.75) is 63.7 Å². The summed E-state index contributed by atoms with van der Waals surface area (Å²) >= 11 is 0. The molecule has 7 nitrogen and oxygen atoms in total. The minimum absolute atomic E-state index is 0.0404. The lowest BCUT2D eigenvalue weighted by atomic mass is 10.0. The molecule has 1 amide bonds. The summed E-state index contributed by atoms with van der Waals surface area (Å²) in [4.78, 5) is 14.2. The van der Waals surface area contributed by atoms with E-state index in [1.807, 2.05) is 0 Å². The Morgan fingerprint density at radius 3 is 2.35 bits per heavy atom. The molecule has 1 aliphatic rings. The second-order valence-electron chi connectivity index (χ2n) is 8.87. The zero-order valence-electron chi connectivity index (χ0n) is 18.5. The van der Waals surface area contributed by atoms with Gasteiger partial charge >= 0.3 is 6.18 Å². The van der Waals surface area contributed by atoms with Crippen molar-refractivity contribution >= 4 is 16.9 Å². The first-order valence-corrected chi connectivity index (χ1v) is 11.4. The smallest absolute Gasteiger partial charge is 0.333 e. The summed E-state index contributed by atoms with van der Waals surface area (Å²) < 4.78 is 95.7. The van der Waals surface area contributed by atoms with Crippen molar-refractivity contribution in [3.8, 4) is 0 Å². The van der Waals surface area contributed by atoms with Crippen LogP contribution in [0.15, 0.2) is 12.1 Å². The van der Waals surface area contributed by atoms with E-state index in [9.17, 15) is 35.3 Å².